The second-order valence-electron chi connectivity index (χ2n) is 7.21. The third-order valence-electron chi connectivity index (χ3n) is 5.43. The first-order valence-electron chi connectivity index (χ1n) is 9.64. The number of fused-ring (bicyclic) bond motifs is 2. The smallest absolute Gasteiger partial charge is 0.261 e. The Bertz CT molecular complexity index is 1060. The monoisotopic (exact) mass is 424 g/mol. The van der Waals surface area contributed by atoms with Gasteiger partial charge in [-0.15, -0.1) is 22.7 Å². The normalized spacial score (nSPS) is 18.0. The third-order valence-corrected chi connectivity index (χ3v) is 7.35. The highest BCUT2D eigenvalue weighted by molar-refractivity contribution is 7.10. The highest BCUT2D eigenvalue weighted by Gasteiger charge is 2.33. The summed E-state index contributed by atoms with van der Waals surface area (Å²) >= 11 is 3.45. The molecule has 0 radical (unpaired) electrons. The third kappa shape index (κ3) is 3.56. The molecule has 2 aromatic heterocycles. The molecule has 0 aliphatic carbocycles. The molecular weight excluding hydrogens is 404 g/mol. The number of thiophene rings is 2. The number of carbonyl (C=O) groups excluding carboxylic acids is 2. The van der Waals surface area contributed by atoms with Gasteiger partial charge in [0.15, 0.2) is 6.61 Å². The Labute approximate surface area is 176 Å². The summed E-state index contributed by atoms with van der Waals surface area (Å²) < 4.78 is 5.85. The number of ether oxygens (including phenoxy) is 1. The van der Waals surface area contributed by atoms with E-state index in [1.165, 1.54) is 15.3 Å². The molecule has 148 valence electrons. The van der Waals surface area contributed by atoms with Crippen LogP contribution in [0, 0.1) is 0 Å². The standard InChI is InChI=1S/C22H20N2O3S2/c25-20-6-3-14-12-15(4-5-17(14)23-20)27-13-21(26)24-9-7-18-16(8-11-29-18)22(24)19-2-1-10-28-19/h1-2,4-5,8,10-12,22H,3,6-7,9,13H2,(H,23,25)/t22-/m0/s1. The largest absolute Gasteiger partial charge is 0.484 e. The zero-order valence-corrected chi connectivity index (χ0v) is 17.4. The van der Waals surface area contributed by atoms with Gasteiger partial charge in [0.05, 0.1) is 6.04 Å². The van der Waals surface area contributed by atoms with Crippen molar-refractivity contribution in [1.29, 1.82) is 0 Å². The maximum atomic E-state index is 13.1. The average Bonchev–Trinajstić information content (AvgIpc) is 3.43. The quantitative estimate of drug-likeness (QED) is 0.681. The van der Waals surface area contributed by atoms with Gasteiger partial charge in [-0.05, 0) is 65.1 Å². The number of rotatable bonds is 4. The van der Waals surface area contributed by atoms with E-state index in [1.54, 1.807) is 22.7 Å². The maximum Gasteiger partial charge on any atom is 0.261 e. The van der Waals surface area contributed by atoms with Crippen LogP contribution in [0.1, 0.15) is 33.3 Å². The van der Waals surface area contributed by atoms with E-state index in [4.69, 9.17) is 4.74 Å². The number of hydrogen-bond acceptors (Lipinski definition) is 5. The van der Waals surface area contributed by atoms with E-state index < -0.39 is 0 Å². The van der Waals surface area contributed by atoms with Gasteiger partial charge in [0.25, 0.3) is 5.91 Å². The zero-order valence-electron chi connectivity index (χ0n) is 15.7. The highest BCUT2D eigenvalue weighted by Crippen LogP contribution is 2.39. The van der Waals surface area contributed by atoms with Gasteiger partial charge >= 0.3 is 0 Å². The summed E-state index contributed by atoms with van der Waals surface area (Å²) in [4.78, 5) is 29.1. The summed E-state index contributed by atoms with van der Waals surface area (Å²) in [5.74, 6) is 0.694. The minimum Gasteiger partial charge on any atom is -0.484 e. The number of aryl methyl sites for hydroxylation is 1. The molecule has 0 saturated carbocycles. The van der Waals surface area contributed by atoms with Crippen molar-refractivity contribution in [3.63, 3.8) is 0 Å². The van der Waals surface area contributed by atoms with Crippen LogP contribution in [-0.4, -0.2) is 29.9 Å². The second-order valence-corrected chi connectivity index (χ2v) is 9.19. The molecule has 1 aromatic carbocycles. The summed E-state index contributed by atoms with van der Waals surface area (Å²) in [6.45, 7) is 0.709. The number of anilines is 1. The molecule has 7 heteroatoms. The number of carbonyl (C=O) groups is 2. The van der Waals surface area contributed by atoms with Gasteiger partial charge in [-0.1, -0.05) is 6.07 Å². The molecule has 29 heavy (non-hydrogen) atoms. The van der Waals surface area contributed by atoms with Crippen molar-refractivity contribution in [3.05, 3.63) is 68.0 Å². The molecule has 0 bridgehead atoms. The number of amides is 2. The van der Waals surface area contributed by atoms with Gasteiger partial charge < -0.3 is 15.0 Å². The second kappa shape index (κ2) is 7.65. The van der Waals surface area contributed by atoms with E-state index in [0.717, 1.165) is 17.7 Å². The van der Waals surface area contributed by atoms with E-state index in [1.807, 2.05) is 29.2 Å². The van der Waals surface area contributed by atoms with Crippen molar-refractivity contribution < 1.29 is 14.3 Å². The zero-order chi connectivity index (χ0) is 19.8. The van der Waals surface area contributed by atoms with Crippen molar-refractivity contribution in [1.82, 2.24) is 4.90 Å². The number of hydrogen-bond donors (Lipinski definition) is 1. The van der Waals surface area contributed by atoms with Crippen LogP contribution < -0.4 is 10.1 Å². The Kier molecular flexibility index (Phi) is 4.85. The van der Waals surface area contributed by atoms with Gasteiger partial charge in [-0.3, -0.25) is 9.59 Å². The lowest BCUT2D eigenvalue weighted by Crippen LogP contribution is -2.42. The molecule has 1 atom stereocenters. The van der Waals surface area contributed by atoms with Crippen LogP contribution in [0.3, 0.4) is 0 Å². The van der Waals surface area contributed by atoms with Crippen molar-refractivity contribution in [2.75, 3.05) is 18.5 Å². The van der Waals surface area contributed by atoms with Gasteiger partial charge in [0.1, 0.15) is 5.75 Å². The van der Waals surface area contributed by atoms with Crippen molar-refractivity contribution in [3.8, 4) is 5.75 Å². The molecule has 2 amide bonds. The first-order chi connectivity index (χ1) is 14.2. The predicted octanol–water partition coefficient (Wildman–Crippen LogP) is 4.25. The molecule has 0 saturated heterocycles. The minimum absolute atomic E-state index is 0.00644. The molecule has 4 heterocycles. The Balaban J connectivity index is 1.32. The van der Waals surface area contributed by atoms with Crippen LogP contribution in [0.4, 0.5) is 5.69 Å². The molecular formula is C22H20N2O3S2. The van der Waals surface area contributed by atoms with Crippen LogP contribution in [0.15, 0.2) is 47.2 Å². The summed E-state index contributed by atoms with van der Waals surface area (Å²) in [7, 11) is 0. The fourth-order valence-electron chi connectivity index (χ4n) is 4.02. The number of benzene rings is 1. The van der Waals surface area contributed by atoms with E-state index in [2.05, 4.69) is 28.2 Å². The van der Waals surface area contributed by atoms with Crippen molar-refractivity contribution >= 4 is 40.2 Å². The lowest BCUT2D eigenvalue weighted by molar-refractivity contribution is -0.135. The maximum absolute atomic E-state index is 13.1. The van der Waals surface area contributed by atoms with E-state index in [9.17, 15) is 9.59 Å². The molecule has 0 spiro atoms. The van der Waals surface area contributed by atoms with Crippen LogP contribution in [-0.2, 0) is 22.4 Å². The molecule has 1 N–H and O–H groups in total. The molecule has 0 unspecified atom stereocenters. The van der Waals surface area contributed by atoms with Crippen LogP contribution >= 0.6 is 22.7 Å². The first-order valence-corrected chi connectivity index (χ1v) is 11.4. The number of nitrogens with zero attached hydrogens (tertiary/aromatic N) is 1. The average molecular weight is 425 g/mol. The van der Waals surface area contributed by atoms with Crippen LogP contribution in [0.5, 0.6) is 5.75 Å². The fraction of sp³-hybridized carbons (Fsp3) is 0.273. The first kappa shape index (κ1) is 18.4. The van der Waals surface area contributed by atoms with Crippen LogP contribution in [0.2, 0.25) is 0 Å². The molecule has 0 fully saturated rings. The lowest BCUT2D eigenvalue weighted by atomic mass is 9.98. The summed E-state index contributed by atoms with van der Waals surface area (Å²) in [5.41, 5.74) is 3.12. The van der Waals surface area contributed by atoms with E-state index in [-0.39, 0.29) is 24.5 Å². The Morgan fingerprint density at radius 2 is 2.07 bits per heavy atom. The Morgan fingerprint density at radius 1 is 1.14 bits per heavy atom. The van der Waals surface area contributed by atoms with Crippen molar-refractivity contribution in [2.24, 2.45) is 0 Å². The molecule has 5 rings (SSSR count). The van der Waals surface area contributed by atoms with Gasteiger partial charge in [0.2, 0.25) is 5.91 Å². The van der Waals surface area contributed by atoms with Crippen molar-refractivity contribution in [2.45, 2.75) is 25.3 Å². The van der Waals surface area contributed by atoms with E-state index >= 15 is 0 Å². The topological polar surface area (TPSA) is 58.6 Å². The summed E-state index contributed by atoms with van der Waals surface area (Å²) in [6, 6.07) is 11.8. The Hall–Kier alpha value is -2.64. The van der Waals surface area contributed by atoms with E-state index in [0.29, 0.717) is 25.1 Å². The SMILES string of the molecule is O=C1CCc2cc(OCC(=O)N3CCc4sccc4[C@H]3c3cccs3)ccc2N1. The minimum atomic E-state index is -0.0279. The van der Waals surface area contributed by atoms with Crippen LogP contribution in [0.25, 0.3) is 0 Å². The Morgan fingerprint density at radius 3 is 2.93 bits per heavy atom. The predicted molar refractivity (Wildman–Crippen MR) is 115 cm³/mol. The van der Waals surface area contributed by atoms with Gasteiger partial charge in [-0.2, -0.15) is 0 Å². The number of nitrogens with one attached hydrogen (secondary N) is 1. The van der Waals surface area contributed by atoms with Gasteiger partial charge in [-0.25, -0.2) is 0 Å². The molecule has 2 aliphatic heterocycles. The van der Waals surface area contributed by atoms with Gasteiger partial charge in [0, 0.05) is 28.4 Å². The lowest BCUT2D eigenvalue weighted by Gasteiger charge is -2.35. The fourth-order valence-corrected chi connectivity index (χ4v) is 5.77. The molecule has 5 nitrogen and oxygen atoms in total. The molecule has 3 aromatic rings. The molecule has 2 aliphatic rings. The highest BCUT2D eigenvalue weighted by atomic mass is 32.1. The summed E-state index contributed by atoms with van der Waals surface area (Å²) in [6.07, 6.45) is 2.06. The summed E-state index contributed by atoms with van der Waals surface area (Å²) in [5, 5.41) is 7.03.